The van der Waals surface area contributed by atoms with Crippen LogP contribution in [-0.2, 0) is 0 Å². The number of thiazole rings is 1. The van der Waals surface area contributed by atoms with Crippen molar-refractivity contribution in [2.24, 2.45) is 0 Å². The molecule has 0 aliphatic heterocycles. The summed E-state index contributed by atoms with van der Waals surface area (Å²) in [6, 6.07) is 3.36. The van der Waals surface area contributed by atoms with Crippen molar-refractivity contribution in [3.05, 3.63) is 48.4 Å². The monoisotopic (exact) mass is 355 g/mol. The molecule has 1 N–H and O–H groups in total. The lowest BCUT2D eigenvalue weighted by Gasteiger charge is -2.16. The van der Waals surface area contributed by atoms with Gasteiger partial charge < -0.3 is 5.32 Å². The third-order valence-corrected chi connectivity index (χ3v) is 4.80. The van der Waals surface area contributed by atoms with Crippen molar-refractivity contribution in [2.45, 2.75) is 26.8 Å². The number of rotatable bonds is 4. The third-order valence-electron chi connectivity index (χ3n) is 3.03. The summed E-state index contributed by atoms with van der Waals surface area (Å²) in [5.74, 6) is 0. The van der Waals surface area contributed by atoms with Gasteiger partial charge in [0.25, 0.3) is 5.69 Å². The van der Waals surface area contributed by atoms with Gasteiger partial charge in [0, 0.05) is 21.0 Å². The Labute approximate surface area is 129 Å². The minimum atomic E-state index is -0.366. The van der Waals surface area contributed by atoms with E-state index >= 15 is 0 Å². The second kappa shape index (κ2) is 5.88. The zero-order valence-electron chi connectivity index (χ0n) is 11.3. The molecule has 1 atom stereocenters. The molecular formula is C13H14BrN3O2S. The number of nitro benzene ring substituents is 1. The molecule has 5 nitrogen and oxygen atoms in total. The largest absolute Gasteiger partial charge is 0.377 e. The van der Waals surface area contributed by atoms with Crippen LogP contribution in [0.15, 0.2) is 22.1 Å². The lowest BCUT2D eigenvalue weighted by Crippen LogP contribution is -2.07. The lowest BCUT2D eigenvalue weighted by atomic mass is 10.1. The molecular weight excluding hydrogens is 342 g/mol. The SMILES string of the molecule is Cc1cc(Br)c(NC(C)c2scnc2C)cc1[N+](=O)[O-]. The van der Waals surface area contributed by atoms with Gasteiger partial charge in [0.1, 0.15) is 0 Å². The minimum Gasteiger partial charge on any atom is -0.377 e. The summed E-state index contributed by atoms with van der Waals surface area (Å²) in [7, 11) is 0. The van der Waals surface area contributed by atoms with E-state index in [1.807, 2.05) is 13.8 Å². The highest BCUT2D eigenvalue weighted by Gasteiger charge is 2.17. The summed E-state index contributed by atoms with van der Waals surface area (Å²) < 4.78 is 0.814. The predicted molar refractivity (Wildman–Crippen MR) is 84.4 cm³/mol. The Morgan fingerprint density at radius 2 is 2.15 bits per heavy atom. The van der Waals surface area contributed by atoms with Gasteiger partial charge in [-0.05, 0) is 42.8 Å². The van der Waals surface area contributed by atoms with Crippen molar-refractivity contribution in [2.75, 3.05) is 5.32 Å². The molecule has 1 heterocycles. The van der Waals surface area contributed by atoms with E-state index in [1.165, 1.54) is 0 Å². The Kier molecular flexibility index (Phi) is 4.39. The van der Waals surface area contributed by atoms with E-state index in [4.69, 9.17) is 0 Å². The number of anilines is 1. The Balaban J connectivity index is 2.32. The van der Waals surface area contributed by atoms with Gasteiger partial charge in [-0.15, -0.1) is 11.3 Å². The topological polar surface area (TPSA) is 68.1 Å². The first-order valence-corrected chi connectivity index (χ1v) is 7.68. The molecule has 1 aromatic heterocycles. The van der Waals surface area contributed by atoms with Crippen molar-refractivity contribution < 1.29 is 4.92 Å². The van der Waals surface area contributed by atoms with Crippen LogP contribution in [0.1, 0.15) is 29.1 Å². The predicted octanol–water partition coefficient (Wildman–Crippen LogP) is 4.60. The molecule has 0 saturated heterocycles. The lowest BCUT2D eigenvalue weighted by molar-refractivity contribution is -0.385. The highest BCUT2D eigenvalue weighted by molar-refractivity contribution is 9.10. The standard InChI is InChI=1S/C13H14BrN3O2S/c1-7-4-10(14)11(5-12(7)17(18)19)16-9(3)13-8(2)15-6-20-13/h4-6,9,16H,1-3H3. The molecule has 7 heteroatoms. The zero-order valence-corrected chi connectivity index (χ0v) is 13.7. The Bertz CT molecular complexity index is 657. The summed E-state index contributed by atoms with van der Waals surface area (Å²) in [6.45, 7) is 5.69. The van der Waals surface area contributed by atoms with Gasteiger partial charge in [0.2, 0.25) is 0 Å². The molecule has 0 fully saturated rings. The van der Waals surface area contributed by atoms with Crippen LogP contribution < -0.4 is 5.32 Å². The summed E-state index contributed by atoms with van der Waals surface area (Å²) in [5.41, 5.74) is 4.24. The van der Waals surface area contributed by atoms with E-state index in [0.29, 0.717) is 11.3 Å². The van der Waals surface area contributed by atoms with Crippen LogP contribution in [0.4, 0.5) is 11.4 Å². The maximum atomic E-state index is 11.0. The van der Waals surface area contributed by atoms with Crippen molar-refractivity contribution in [3.8, 4) is 0 Å². The van der Waals surface area contributed by atoms with Crippen LogP contribution in [0.3, 0.4) is 0 Å². The van der Waals surface area contributed by atoms with Crippen LogP contribution in [0.25, 0.3) is 0 Å². The minimum absolute atomic E-state index is 0.0427. The fraction of sp³-hybridized carbons (Fsp3) is 0.308. The molecule has 20 heavy (non-hydrogen) atoms. The number of aryl methyl sites for hydroxylation is 2. The van der Waals surface area contributed by atoms with Crippen molar-refractivity contribution in [1.82, 2.24) is 4.98 Å². The number of aromatic nitrogens is 1. The van der Waals surface area contributed by atoms with Crippen LogP contribution in [0.5, 0.6) is 0 Å². The van der Waals surface area contributed by atoms with Crippen LogP contribution in [0, 0.1) is 24.0 Å². The number of nitro groups is 1. The molecule has 2 rings (SSSR count). The maximum absolute atomic E-state index is 11.0. The highest BCUT2D eigenvalue weighted by Crippen LogP contribution is 2.34. The highest BCUT2D eigenvalue weighted by atomic mass is 79.9. The van der Waals surface area contributed by atoms with E-state index in [2.05, 4.69) is 26.2 Å². The van der Waals surface area contributed by atoms with E-state index in [0.717, 1.165) is 15.0 Å². The first-order chi connectivity index (χ1) is 9.40. The third kappa shape index (κ3) is 2.99. The van der Waals surface area contributed by atoms with Crippen LogP contribution >= 0.6 is 27.3 Å². The zero-order chi connectivity index (χ0) is 14.9. The second-order valence-electron chi connectivity index (χ2n) is 4.54. The number of hydrogen-bond donors (Lipinski definition) is 1. The molecule has 0 aliphatic carbocycles. The molecule has 2 aromatic rings. The molecule has 0 saturated carbocycles. The molecule has 0 radical (unpaired) electrons. The Morgan fingerprint density at radius 3 is 2.70 bits per heavy atom. The van der Waals surface area contributed by atoms with Gasteiger partial charge in [0.15, 0.2) is 0 Å². The van der Waals surface area contributed by atoms with E-state index < -0.39 is 0 Å². The van der Waals surface area contributed by atoms with Gasteiger partial charge in [0.05, 0.1) is 27.9 Å². The quantitative estimate of drug-likeness (QED) is 0.642. The first kappa shape index (κ1) is 14.9. The number of nitrogens with one attached hydrogen (secondary N) is 1. The van der Waals surface area contributed by atoms with Crippen molar-refractivity contribution in [3.63, 3.8) is 0 Å². The smallest absolute Gasteiger partial charge is 0.274 e. The van der Waals surface area contributed by atoms with E-state index in [1.54, 1.807) is 35.9 Å². The maximum Gasteiger partial charge on any atom is 0.274 e. The fourth-order valence-corrected chi connectivity index (χ4v) is 3.38. The van der Waals surface area contributed by atoms with E-state index in [-0.39, 0.29) is 16.7 Å². The Morgan fingerprint density at radius 1 is 1.45 bits per heavy atom. The van der Waals surface area contributed by atoms with Gasteiger partial charge in [-0.2, -0.15) is 0 Å². The number of halogens is 1. The average Bonchev–Trinajstić information content (AvgIpc) is 2.78. The fourth-order valence-electron chi connectivity index (χ4n) is 1.99. The first-order valence-electron chi connectivity index (χ1n) is 6.01. The van der Waals surface area contributed by atoms with E-state index in [9.17, 15) is 10.1 Å². The van der Waals surface area contributed by atoms with Gasteiger partial charge >= 0.3 is 0 Å². The summed E-state index contributed by atoms with van der Waals surface area (Å²) in [4.78, 5) is 16.0. The molecule has 0 aliphatic rings. The summed E-state index contributed by atoms with van der Waals surface area (Å²) >= 11 is 5.02. The summed E-state index contributed by atoms with van der Waals surface area (Å²) in [5, 5.41) is 14.3. The second-order valence-corrected chi connectivity index (χ2v) is 6.28. The van der Waals surface area contributed by atoms with Gasteiger partial charge in [-0.25, -0.2) is 4.98 Å². The number of benzene rings is 1. The Hall–Kier alpha value is -1.47. The molecule has 0 spiro atoms. The van der Waals surface area contributed by atoms with Crippen molar-refractivity contribution >= 4 is 38.6 Å². The molecule has 0 bridgehead atoms. The van der Waals surface area contributed by atoms with Crippen LogP contribution in [0.2, 0.25) is 0 Å². The molecule has 0 amide bonds. The molecule has 1 aromatic carbocycles. The molecule has 106 valence electrons. The number of nitrogens with zero attached hydrogens (tertiary/aromatic N) is 2. The van der Waals surface area contributed by atoms with Crippen LogP contribution in [-0.4, -0.2) is 9.91 Å². The van der Waals surface area contributed by atoms with Crippen molar-refractivity contribution in [1.29, 1.82) is 0 Å². The summed E-state index contributed by atoms with van der Waals surface area (Å²) in [6.07, 6.45) is 0. The number of hydrogen-bond acceptors (Lipinski definition) is 5. The normalized spacial score (nSPS) is 12.2. The van der Waals surface area contributed by atoms with Gasteiger partial charge in [-0.1, -0.05) is 0 Å². The molecule has 1 unspecified atom stereocenters. The van der Waals surface area contributed by atoms with Gasteiger partial charge in [-0.3, -0.25) is 10.1 Å². The average molecular weight is 356 g/mol.